The van der Waals surface area contributed by atoms with Gasteiger partial charge in [-0.1, -0.05) is 12.1 Å². The van der Waals surface area contributed by atoms with Crippen molar-refractivity contribution < 1.29 is 9.59 Å². The monoisotopic (exact) mass is 215 g/mol. The Bertz CT molecular complexity index is 555. The molecule has 1 amide bonds. The molecule has 0 bridgehead atoms. The van der Waals surface area contributed by atoms with Crippen molar-refractivity contribution in [3.05, 3.63) is 24.3 Å². The van der Waals surface area contributed by atoms with E-state index in [2.05, 4.69) is 9.97 Å². The van der Waals surface area contributed by atoms with Gasteiger partial charge in [-0.3, -0.25) is 14.5 Å². The number of para-hydroxylation sites is 2. The van der Waals surface area contributed by atoms with Crippen LogP contribution in [0.15, 0.2) is 24.3 Å². The number of hydrogen-bond donors (Lipinski definition) is 1. The van der Waals surface area contributed by atoms with E-state index in [4.69, 9.17) is 0 Å². The van der Waals surface area contributed by atoms with Gasteiger partial charge in [-0.2, -0.15) is 0 Å². The minimum Gasteiger partial charge on any atom is -0.324 e. The minimum atomic E-state index is -0.191. The molecule has 80 valence electrons. The third-order valence-corrected chi connectivity index (χ3v) is 2.62. The first kappa shape index (κ1) is 9.08. The van der Waals surface area contributed by atoms with Crippen molar-refractivity contribution in [1.82, 2.24) is 9.97 Å². The number of imidazole rings is 1. The summed E-state index contributed by atoms with van der Waals surface area (Å²) in [5, 5.41) is 0. The van der Waals surface area contributed by atoms with Gasteiger partial charge in [0.1, 0.15) is 0 Å². The quantitative estimate of drug-likeness (QED) is 0.718. The fourth-order valence-corrected chi connectivity index (χ4v) is 1.84. The summed E-state index contributed by atoms with van der Waals surface area (Å²) in [6.07, 6.45) is -0.0168. The fraction of sp³-hybridized carbons (Fsp3) is 0.182. The summed E-state index contributed by atoms with van der Waals surface area (Å²) in [5.74, 6) is 0.201. The number of Topliss-reactive ketones (excluding diaryl/α,β-unsaturated/α-hetero) is 1. The standard InChI is InChI=1S/C11H9N3O2/c15-7-5-10(16)14(6-7)11-12-8-3-1-2-4-9(8)13-11/h1-4H,5-6H2,(H,12,13). The normalized spacial score (nSPS) is 16.4. The first-order chi connectivity index (χ1) is 7.74. The van der Waals surface area contributed by atoms with Crippen molar-refractivity contribution in [2.45, 2.75) is 6.42 Å². The number of anilines is 1. The third kappa shape index (κ3) is 1.29. The number of H-pyrrole nitrogens is 1. The Morgan fingerprint density at radius 2 is 2.06 bits per heavy atom. The van der Waals surface area contributed by atoms with Gasteiger partial charge in [-0.25, -0.2) is 4.98 Å². The van der Waals surface area contributed by atoms with Crippen molar-refractivity contribution in [2.24, 2.45) is 0 Å². The molecule has 0 radical (unpaired) electrons. The molecule has 1 aromatic heterocycles. The van der Waals surface area contributed by atoms with E-state index in [1.54, 1.807) is 0 Å². The number of hydrogen-bond acceptors (Lipinski definition) is 3. The van der Waals surface area contributed by atoms with Gasteiger partial charge in [0.2, 0.25) is 11.9 Å². The molecule has 1 aliphatic rings. The van der Waals surface area contributed by atoms with Crippen LogP contribution < -0.4 is 4.90 Å². The SMILES string of the molecule is O=C1CC(=O)N(c2nc3ccccc3[nH]2)C1. The van der Waals surface area contributed by atoms with Gasteiger partial charge in [0.05, 0.1) is 24.0 Å². The van der Waals surface area contributed by atoms with Crippen LogP contribution in [0.3, 0.4) is 0 Å². The third-order valence-electron chi connectivity index (χ3n) is 2.62. The molecule has 0 saturated carbocycles. The topological polar surface area (TPSA) is 66.1 Å². The Morgan fingerprint density at radius 3 is 2.75 bits per heavy atom. The van der Waals surface area contributed by atoms with Gasteiger partial charge < -0.3 is 4.98 Å². The average molecular weight is 215 g/mol. The molecular weight excluding hydrogens is 206 g/mol. The van der Waals surface area contributed by atoms with E-state index in [0.29, 0.717) is 5.95 Å². The second-order valence-electron chi connectivity index (χ2n) is 3.77. The predicted octanol–water partition coefficient (Wildman–Crippen LogP) is 0.869. The molecule has 0 aliphatic carbocycles. The van der Waals surface area contributed by atoms with Gasteiger partial charge in [0, 0.05) is 0 Å². The number of nitrogens with one attached hydrogen (secondary N) is 1. The number of nitrogens with zero attached hydrogens (tertiary/aromatic N) is 2. The van der Waals surface area contributed by atoms with Crippen LogP contribution in [0, 0.1) is 0 Å². The zero-order valence-corrected chi connectivity index (χ0v) is 8.43. The lowest BCUT2D eigenvalue weighted by Gasteiger charge is -2.09. The molecule has 0 atom stereocenters. The van der Waals surface area contributed by atoms with Crippen LogP contribution >= 0.6 is 0 Å². The minimum absolute atomic E-state index is 0.0168. The fourth-order valence-electron chi connectivity index (χ4n) is 1.84. The van der Waals surface area contributed by atoms with Crippen LogP contribution in [-0.2, 0) is 9.59 Å². The summed E-state index contributed by atoms with van der Waals surface area (Å²) in [6, 6.07) is 7.51. The summed E-state index contributed by atoms with van der Waals surface area (Å²) in [5.41, 5.74) is 1.66. The Hall–Kier alpha value is -2.17. The van der Waals surface area contributed by atoms with E-state index >= 15 is 0 Å². The molecule has 1 aromatic carbocycles. The highest BCUT2D eigenvalue weighted by Crippen LogP contribution is 2.20. The van der Waals surface area contributed by atoms with Crippen LogP contribution in [0.1, 0.15) is 6.42 Å². The number of rotatable bonds is 1. The van der Waals surface area contributed by atoms with Crippen LogP contribution in [0.4, 0.5) is 5.95 Å². The second-order valence-corrected chi connectivity index (χ2v) is 3.77. The molecule has 0 unspecified atom stereocenters. The Labute approximate surface area is 91.1 Å². The summed E-state index contributed by atoms with van der Waals surface area (Å²) in [6.45, 7) is 0.124. The summed E-state index contributed by atoms with van der Waals surface area (Å²) >= 11 is 0. The second kappa shape index (κ2) is 3.16. The molecule has 16 heavy (non-hydrogen) atoms. The molecule has 3 rings (SSSR count). The van der Waals surface area contributed by atoms with Crippen LogP contribution in [0.5, 0.6) is 0 Å². The zero-order valence-electron chi connectivity index (χ0n) is 8.43. The van der Waals surface area contributed by atoms with E-state index in [1.165, 1.54) is 4.90 Å². The van der Waals surface area contributed by atoms with E-state index < -0.39 is 0 Å². The molecular formula is C11H9N3O2. The number of amides is 1. The Kier molecular flexibility index (Phi) is 1.80. The number of carbonyl (C=O) groups is 2. The summed E-state index contributed by atoms with van der Waals surface area (Å²) < 4.78 is 0. The van der Waals surface area contributed by atoms with E-state index in [-0.39, 0.29) is 24.7 Å². The molecule has 1 N–H and O–H groups in total. The van der Waals surface area contributed by atoms with E-state index in [9.17, 15) is 9.59 Å². The number of aromatic amines is 1. The Balaban J connectivity index is 2.06. The highest BCUT2D eigenvalue weighted by molar-refractivity contribution is 6.14. The maximum absolute atomic E-state index is 11.5. The van der Waals surface area contributed by atoms with Crippen LogP contribution in [0.2, 0.25) is 0 Å². The number of benzene rings is 1. The van der Waals surface area contributed by atoms with E-state index in [0.717, 1.165) is 11.0 Å². The molecule has 2 aromatic rings. The zero-order chi connectivity index (χ0) is 11.1. The number of fused-ring (bicyclic) bond motifs is 1. The van der Waals surface area contributed by atoms with Crippen molar-refractivity contribution in [1.29, 1.82) is 0 Å². The summed E-state index contributed by atoms with van der Waals surface area (Å²) in [7, 11) is 0. The van der Waals surface area contributed by atoms with Crippen molar-refractivity contribution >= 4 is 28.7 Å². The predicted molar refractivity (Wildman–Crippen MR) is 58.1 cm³/mol. The highest BCUT2D eigenvalue weighted by atomic mass is 16.2. The van der Waals surface area contributed by atoms with Crippen molar-refractivity contribution in [3.63, 3.8) is 0 Å². The molecule has 1 aliphatic heterocycles. The molecule has 2 heterocycles. The number of aromatic nitrogens is 2. The largest absolute Gasteiger partial charge is 0.324 e. The molecule has 0 spiro atoms. The molecule has 1 saturated heterocycles. The first-order valence-electron chi connectivity index (χ1n) is 5.01. The van der Waals surface area contributed by atoms with Crippen LogP contribution in [0.25, 0.3) is 11.0 Å². The molecule has 5 nitrogen and oxygen atoms in total. The maximum atomic E-state index is 11.5. The number of ketones is 1. The Morgan fingerprint density at radius 1 is 1.25 bits per heavy atom. The van der Waals surface area contributed by atoms with Crippen molar-refractivity contribution in [2.75, 3.05) is 11.4 Å². The number of carbonyl (C=O) groups excluding carboxylic acids is 2. The molecule has 1 fully saturated rings. The van der Waals surface area contributed by atoms with Gasteiger partial charge in [-0.05, 0) is 12.1 Å². The van der Waals surface area contributed by atoms with Gasteiger partial charge in [0.15, 0.2) is 5.78 Å². The lowest BCUT2D eigenvalue weighted by molar-refractivity contribution is -0.121. The van der Waals surface area contributed by atoms with Crippen molar-refractivity contribution in [3.8, 4) is 0 Å². The molecule has 5 heteroatoms. The first-order valence-corrected chi connectivity index (χ1v) is 5.01. The van der Waals surface area contributed by atoms with Crippen LogP contribution in [-0.4, -0.2) is 28.2 Å². The lowest BCUT2D eigenvalue weighted by atomic mass is 10.3. The van der Waals surface area contributed by atoms with Gasteiger partial charge >= 0.3 is 0 Å². The highest BCUT2D eigenvalue weighted by Gasteiger charge is 2.30. The van der Waals surface area contributed by atoms with Gasteiger partial charge in [0.25, 0.3) is 0 Å². The lowest BCUT2D eigenvalue weighted by Crippen LogP contribution is -2.25. The smallest absolute Gasteiger partial charge is 0.237 e. The van der Waals surface area contributed by atoms with Gasteiger partial charge in [-0.15, -0.1) is 0 Å². The van der Waals surface area contributed by atoms with E-state index in [1.807, 2.05) is 24.3 Å². The average Bonchev–Trinajstić information content (AvgIpc) is 2.81. The summed E-state index contributed by atoms with van der Waals surface area (Å²) in [4.78, 5) is 31.4. The maximum Gasteiger partial charge on any atom is 0.237 e.